The molecule has 2 bridgehead atoms. The van der Waals surface area contributed by atoms with E-state index in [-0.39, 0.29) is 30.3 Å². The molecule has 0 spiro atoms. The molecule has 2 heterocycles. The number of ether oxygens (including phenoxy) is 1. The first-order chi connectivity index (χ1) is 13.1. The maximum atomic E-state index is 13.3. The third-order valence-electron chi connectivity index (χ3n) is 5.35. The van der Waals surface area contributed by atoms with E-state index < -0.39 is 6.43 Å². The van der Waals surface area contributed by atoms with Crippen LogP contribution in [0.1, 0.15) is 42.4 Å². The van der Waals surface area contributed by atoms with E-state index in [1.54, 1.807) is 23.1 Å². The fraction of sp³-hybridized carbons (Fsp3) is 0.318. The number of carbonyl (C=O) groups is 1. The molecule has 0 saturated carbocycles. The molecule has 2 unspecified atom stereocenters. The second kappa shape index (κ2) is 7.51. The first-order valence-corrected chi connectivity index (χ1v) is 9.20. The van der Waals surface area contributed by atoms with Crippen molar-refractivity contribution in [1.82, 2.24) is 4.90 Å². The molecule has 1 saturated heterocycles. The van der Waals surface area contributed by atoms with E-state index in [0.717, 1.165) is 24.0 Å². The molecule has 2 aliphatic heterocycles. The van der Waals surface area contributed by atoms with E-state index in [1.807, 2.05) is 36.4 Å². The number of benzene rings is 2. The Hall–Kier alpha value is -2.69. The Morgan fingerprint density at radius 1 is 1.07 bits per heavy atom. The minimum absolute atomic E-state index is 0.00371. The molecule has 2 aromatic carbocycles. The Labute approximate surface area is 157 Å². The summed E-state index contributed by atoms with van der Waals surface area (Å²) in [7, 11) is 0. The molecule has 27 heavy (non-hydrogen) atoms. The number of hydrogen-bond donors (Lipinski definition) is 0. The van der Waals surface area contributed by atoms with Crippen molar-refractivity contribution in [3.63, 3.8) is 0 Å². The van der Waals surface area contributed by atoms with E-state index in [0.29, 0.717) is 12.0 Å². The molecular weight excluding hydrogens is 348 g/mol. The van der Waals surface area contributed by atoms with Gasteiger partial charge in [0.15, 0.2) is 0 Å². The first-order valence-electron chi connectivity index (χ1n) is 9.20. The van der Waals surface area contributed by atoms with Crippen LogP contribution in [-0.4, -0.2) is 23.1 Å². The van der Waals surface area contributed by atoms with Crippen molar-refractivity contribution >= 4 is 11.7 Å². The molecule has 1 fully saturated rings. The Bertz CT molecular complexity index is 850. The molecule has 0 aliphatic carbocycles. The van der Waals surface area contributed by atoms with Crippen LogP contribution in [0.2, 0.25) is 0 Å². The molecule has 2 atom stereocenters. The lowest BCUT2D eigenvalue weighted by Gasteiger charge is -2.33. The summed E-state index contributed by atoms with van der Waals surface area (Å²) in [5.41, 5.74) is 2.51. The Balaban J connectivity index is 1.50. The van der Waals surface area contributed by atoms with E-state index in [2.05, 4.69) is 0 Å². The van der Waals surface area contributed by atoms with Gasteiger partial charge in [-0.05, 0) is 36.0 Å². The van der Waals surface area contributed by atoms with Crippen molar-refractivity contribution in [2.45, 2.75) is 44.4 Å². The summed E-state index contributed by atoms with van der Waals surface area (Å²) in [4.78, 5) is 14.4. The smallest absolute Gasteiger partial charge is 0.410 e. The van der Waals surface area contributed by atoms with Crippen molar-refractivity contribution in [2.75, 3.05) is 0 Å². The third-order valence-corrected chi connectivity index (χ3v) is 5.35. The fourth-order valence-corrected chi connectivity index (χ4v) is 4.09. The average molecular weight is 369 g/mol. The minimum atomic E-state index is -2.51. The number of carbonyl (C=O) groups excluding carboxylic acids is 1. The third kappa shape index (κ3) is 3.59. The second-order valence-corrected chi connectivity index (χ2v) is 7.03. The zero-order chi connectivity index (χ0) is 18.8. The van der Waals surface area contributed by atoms with Crippen molar-refractivity contribution in [2.24, 2.45) is 0 Å². The summed E-state index contributed by atoms with van der Waals surface area (Å²) in [5.74, 6) is 0. The number of nitrogens with zero attached hydrogens (tertiary/aromatic N) is 1. The number of rotatable bonds is 4. The number of hydrogen-bond acceptors (Lipinski definition) is 2. The maximum Gasteiger partial charge on any atom is 0.410 e. The quantitative estimate of drug-likeness (QED) is 0.704. The minimum Gasteiger partial charge on any atom is -0.445 e. The normalized spacial score (nSPS) is 21.3. The number of fused-ring (bicyclic) bond motifs is 2. The van der Waals surface area contributed by atoms with Crippen molar-refractivity contribution in [3.8, 4) is 0 Å². The lowest BCUT2D eigenvalue weighted by atomic mass is 9.92. The van der Waals surface area contributed by atoms with Gasteiger partial charge in [0.1, 0.15) is 6.61 Å². The van der Waals surface area contributed by atoms with E-state index >= 15 is 0 Å². The molecule has 2 aliphatic rings. The number of halogens is 2. The van der Waals surface area contributed by atoms with Gasteiger partial charge in [0.05, 0.1) is 6.04 Å². The van der Waals surface area contributed by atoms with Crippen LogP contribution in [0.25, 0.3) is 5.57 Å². The van der Waals surface area contributed by atoms with Gasteiger partial charge in [0.2, 0.25) is 0 Å². The summed E-state index contributed by atoms with van der Waals surface area (Å²) < 4.78 is 32.2. The van der Waals surface area contributed by atoms with E-state index in [4.69, 9.17) is 4.74 Å². The van der Waals surface area contributed by atoms with Gasteiger partial charge in [-0.2, -0.15) is 0 Å². The first kappa shape index (κ1) is 17.7. The molecular formula is C22H21F2NO2. The molecule has 5 heteroatoms. The van der Waals surface area contributed by atoms with Gasteiger partial charge in [0.25, 0.3) is 6.43 Å². The summed E-state index contributed by atoms with van der Waals surface area (Å²) in [6.07, 6.45) is 1.42. The number of amides is 1. The van der Waals surface area contributed by atoms with Crippen LogP contribution in [0.5, 0.6) is 0 Å². The van der Waals surface area contributed by atoms with Crippen LogP contribution in [0, 0.1) is 0 Å². The second-order valence-electron chi connectivity index (χ2n) is 7.03. The average Bonchev–Trinajstić information content (AvgIpc) is 2.96. The molecule has 0 radical (unpaired) electrons. The van der Waals surface area contributed by atoms with Crippen LogP contribution >= 0.6 is 0 Å². The van der Waals surface area contributed by atoms with Gasteiger partial charge >= 0.3 is 6.09 Å². The zero-order valence-electron chi connectivity index (χ0n) is 14.9. The van der Waals surface area contributed by atoms with Gasteiger partial charge in [-0.3, -0.25) is 4.90 Å². The monoisotopic (exact) mass is 369 g/mol. The predicted octanol–water partition coefficient (Wildman–Crippen LogP) is 5.58. The summed E-state index contributed by atoms with van der Waals surface area (Å²) in [6, 6.07) is 16.1. The standard InChI is InChI=1S/C22H21F2NO2/c23-21(24)20-9-5-4-8-19(20)16-12-17-10-11-18(13-16)25(17)22(26)27-14-15-6-2-1-3-7-15/h1-9,12,17-18,21H,10-11,13-14H2. The van der Waals surface area contributed by atoms with E-state index in [1.165, 1.54) is 6.07 Å². The SMILES string of the molecule is O=C(OCc1ccccc1)N1C2C=C(c3ccccc3C(F)F)CC1CC2. The predicted molar refractivity (Wildman–Crippen MR) is 99.3 cm³/mol. The molecule has 4 rings (SSSR count). The highest BCUT2D eigenvalue weighted by atomic mass is 19.3. The Kier molecular flexibility index (Phi) is 4.92. The van der Waals surface area contributed by atoms with Gasteiger partial charge in [0, 0.05) is 11.6 Å². The summed E-state index contributed by atoms with van der Waals surface area (Å²) >= 11 is 0. The van der Waals surface area contributed by atoms with Crippen LogP contribution in [0.3, 0.4) is 0 Å². The highest BCUT2D eigenvalue weighted by Crippen LogP contribution is 2.41. The summed E-state index contributed by atoms with van der Waals surface area (Å²) in [5, 5.41) is 0. The van der Waals surface area contributed by atoms with Gasteiger partial charge in [-0.1, -0.05) is 60.7 Å². The van der Waals surface area contributed by atoms with Crippen LogP contribution in [0.15, 0.2) is 60.7 Å². The molecule has 140 valence electrons. The fourth-order valence-electron chi connectivity index (χ4n) is 4.09. The lowest BCUT2D eigenvalue weighted by molar-refractivity contribution is 0.0831. The van der Waals surface area contributed by atoms with Gasteiger partial charge < -0.3 is 4.74 Å². The van der Waals surface area contributed by atoms with Crippen LogP contribution < -0.4 is 0 Å². The lowest BCUT2D eigenvalue weighted by Crippen LogP contribution is -2.43. The Morgan fingerprint density at radius 3 is 2.56 bits per heavy atom. The highest BCUT2D eigenvalue weighted by molar-refractivity contribution is 5.76. The summed E-state index contributed by atoms with van der Waals surface area (Å²) in [6.45, 7) is 0.237. The maximum absolute atomic E-state index is 13.3. The highest BCUT2D eigenvalue weighted by Gasteiger charge is 2.41. The van der Waals surface area contributed by atoms with Crippen LogP contribution in [0.4, 0.5) is 13.6 Å². The van der Waals surface area contributed by atoms with Crippen molar-refractivity contribution in [3.05, 3.63) is 77.4 Å². The zero-order valence-corrected chi connectivity index (χ0v) is 14.9. The topological polar surface area (TPSA) is 29.5 Å². The Morgan fingerprint density at radius 2 is 1.81 bits per heavy atom. The molecule has 0 aromatic heterocycles. The molecule has 2 aromatic rings. The molecule has 3 nitrogen and oxygen atoms in total. The van der Waals surface area contributed by atoms with E-state index in [9.17, 15) is 13.6 Å². The van der Waals surface area contributed by atoms with Crippen molar-refractivity contribution < 1.29 is 18.3 Å². The van der Waals surface area contributed by atoms with Gasteiger partial charge in [-0.25, -0.2) is 13.6 Å². The molecule has 1 amide bonds. The number of alkyl halides is 2. The largest absolute Gasteiger partial charge is 0.445 e. The molecule has 0 N–H and O–H groups in total. The van der Waals surface area contributed by atoms with Crippen LogP contribution in [-0.2, 0) is 11.3 Å². The van der Waals surface area contributed by atoms with Crippen molar-refractivity contribution in [1.29, 1.82) is 0 Å². The van der Waals surface area contributed by atoms with Gasteiger partial charge in [-0.15, -0.1) is 0 Å².